The molecule has 0 spiro atoms. The first-order valence-electron chi connectivity index (χ1n) is 11.3. The summed E-state index contributed by atoms with van der Waals surface area (Å²) in [5.74, 6) is 0.573. The third kappa shape index (κ3) is 5.51. The van der Waals surface area contributed by atoms with Crippen LogP contribution in [0.1, 0.15) is 31.0 Å². The summed E-state index contributed by atoms with van der Waals surface area (Å²) in [7, 11) is 1.55. The summed E-state index contributed by atoms with van der Waals surface area (Å²) in [6.07, 6.45) is 3.42. The molecule has 37 heavy (non-hydrogen) atoms. The van der Waals surface area contributed by atoms with E-state index in [4.69, 9.17) is 14.2 Å². The zero-order valence-electron chi connectivity index (χ0n) is 20.4. The molecule has 0 unspecified atom stereocenters. The SMILES string of the molecule is C=CCOc1c(Br)cc(/C=c2\sc3n(c2=O)[C@H](c2ccc(Br)cc2)C(C(=O)OCC)=C(C)N=3)cc1OC. The van der Waals surface area contributed by atoms with Crippen molar-refractivity contribution in [3.05, 3.63) is 100 Å². The Kier molecular flexibility index (Phi) is 8.51. The second-order valence-corrected chi connectivity index (χ2v) is 10.8. The van der Waals surface area contributed by atoms with Crippen molar-refractivity contribution in [3.8, 4) is 11.5 Å². The van der Waals surface area contributed by atoms with Crippen molar-refractivity contribution in [2.75, 3.05) is 20.3 Å². The third-order valence-electron chi connectivity index (χ3n) is 5.60. The van der Waals surface area contributed by atoms with E-state index in [1.165, 1.54) is 11.3 Å². The average molecular weight is 648 g/mol. The van der Waals surface area contributed by atoms with Crippen molar-refractivity contribution in [2.45, 2.75) is 19.9 Å². The number of methoxy groups -OCH3 is 1. The van der Waals surface area contributed by atoms with E-state index in [-0.39, 0.29) is 12.2 Å². The minimum Gasteiger partial charge on any atom is -0.493 e. The van der Waals surface area contributed by atoms with Crippen molar-refractivity contribution >= 4 is 55.2 Å². The first-order chi connectivity index (χ1) is 17.8. The van der Waals surface area contributed by atoms with Gasteiger partial charge in [-0.2, -0.15) is 0 Å². The molecule has 0 saturated carbocycles. The molecule has 0 bridgehead atoms. The molecule has 0 amide bonds. The molecule has 3 aromatic rings. The lowest BCUT2D eigenvalue weighted by Gasteiger charge is -2.24. The number of ether oxygens (including phenoxy) is 3. The Morgan fingerprint density at radius 2 is 1.97 bits per heavy atom. The molecule has 1 aliphatic rings. The molecule has 2 heterocycles. The highest BCUT2D eigenvalue weighted by molar-refractivity contribution is 9.10. The fourth-order valence-corrected chi connectivity index (χ4v) is 5.89. The quantitative estimate of drug-likeness (QED) is 0.257. The third-order valence-corrected chi connectivity index (χ3v) is 7.70. The van der Waals surface area contributed by atoms with Gasteiger partial charge in [-0.15, -0.1) is 0 Å². The monoisotopic (exact) mass is 646 g/mol. The van der Waals surface area contributed by atoms with Crippen LogP contribution in [0.25, 0.3) is 6.08 Å². The summed E-state index contributed by atoms with van der Waals surface area (Å²) in [6.45, 7) is 7.73. The van der Waals surface area contributed by atoms with Gasteiger partial charge in [-0.05, 0) is 71.2 Å². The van der Waals surface area contributed by atoms with Crippen LogP contribution < -0.4 is 24.4 Å². The van der Waals surface area contributed by atoms with Crippen LogP contribution in [0.4, 0.5) is 0 Å². The summed E-state index contributed by atoms with van der Waals surface area (Å²) in [4.78, 5) is 31.9. The van der Waals surface area contributed by atoms with E-state index in [0.717, 1.165) is 15.6 Å². The molecule has 1 atom stereocenters. The normalized spacial score (nSPS) is 15.2. The lowest BCUT2D eigenvalue weighted by molar-refractivity contribution is -0.139. The van der Waals surface area contributed by atoms with Crippen molar-refractivity contribution in [2.24, 2.45) is 4.99 Å². The van der Waals surface area contributed by atoms with E-state index >= 15 is 0 Å². The number of hydrogen-bond donors (Lipinski definition) is 0. The van der Waals surface area contributed by atoms with Crippen LogP contribution in [-0.2, 0) is 9.53 Å². The number of carbonyl (C=O) groups excluding carboxylic acids is 1. The van der Waals surface area contributed by atoms with Gasteiger partial charge in [0.25, 0.3) is 5.56 Å². The minimum atomic E-state index is -0.665. The van der Waals surface area contributed by atoms with E-state index in [9.17, 15) is 9.59 Å². The maximum Gasteiger partial charge on any atom is 0.338 e. The highest BCUT2D eigenvalue weighted by atomic mass is 79.9. The van der Waals surface area contributed by atoms with Crippen LogP contribution in [-0.4, -0.2) is 30.9 Å². The zero-order valence-corrected chi connectivity index (χ0v) is 24.4. The predicted octanol–water partition coefficient (Wildman–Crippen LogP) is 4.90. The van der Waals surface area contributed by atoms with Crippen LogP contribution >= 0.6 is 43.2 Å². The van der Waals surface area contributed by atoms with Gasteiger partial charge < -0.3 is 14.2 Å². The fourth-order valence-electron chi connectivity index (χ4n) is 4.01. The molecule has 2 aromatic carbocycles. The molecular weight excluding hydrogens is 624 g/mol. The van der Waals surface area contributed by atoms with E-state index in [1.807, 2.05) is 30.3 Å². The lowest BCUT2D eigenvalue weighted by Crippen LogP contribution is -2.39. The van der Waals surface area contributed by atoms with Crippen LogP contribution in [0.15, 0.2) is 79.1 Å². The summed E-state index contributed by atoms with van der Waals surface area (Å²) >= 11 is 8.24. The van der Waals surface area contributed by atoms with Gasteiger partial charge in [0, 0.05) is 4.47 Å². The van der Waals surface area contributed by atoms with Crippen molar-refractivity contribution in [3.63, 3.8) is 0 Å². The van der Waals surface area contributed by atoms with Gasteiger partial charge in [0.2, 0.25) is 0 Å². The smallest absolute Gasteiger partial charge is 0.338 e. The molecular formula is C27H24Br2N2O5S. The zero-order chi connectivity index (χ0) is 26.7. The van der Waals surface area contributed by atoms with Gasteiger partial charge in [0.1, 0.15) is 6.61 Å². The molecule has 0 fully saturated rings. The summed E-state index contributed by atoms with van der Waals surface area (Å²) in [5.41, 5.74) is 2.12. The first kappa shape index (κ1) is 27.1. The van der Waals surface area contributed by atoms with Crippen molar-refractivity contribution < 1.29 is 19.0 Å². The van der Waals surface area contributed by atoms with E-state index < -0.39 is 12.0 Å². The Bertz CT molecular complexity index is 1570. The Morgan fingerprint density at radius 3 is 2.62 bits per heavy atom. The number of benzene rings is 2. The van der Waals surface area contributed by atoms with E-state index in [0.29, 0.717) is 43.2 Å². The Morgan fingerprint density at radius 1 is 1.24 bits per heavy atom. The van der Waals surface area contributed by atoms with Crippen molar-refractivity contribution in [1.82, 2.24) is 4.57 Å². The maximum atomic E-state index is 13.8. The lowest BCUT2D eigenvalue weighted by atomic mass is 9.96. The van der Waals surface area contributed by atoms with E-state index in [1.54, 1.807) is 43.7 Å². The topological polar surface area (TPSA) is 79.1 Å². The van der Waals surface area contributed by atoms with Crippen molar-refractivity contribution in [1.29, 1.82) is 0 Å². The number of rotatable bonds is 8. The molecule has 192 valence electrons. The highest BCUT2D eigenvalue weighted by Crippen LogP contribution is 2.37. The molecule has 4 rings (SSSR count). The first-order valence-corrected chi connectivity index (χ1v) is 13.8. The van der Waals surface area contributed by atoms with Gasteiger partial charge in [-0.3, -0.25) is 9.36 Å². The number of aromatic nitrogens is 1. The second kappa shape index (κ2) is 11.6. The summed E-state index contributed by atoms with van der Waals surface area (Å²) in [5, 5.41) is 0. The fraction of sp³-hybridized carbons (Fsp3) is 0.222. The molecule has 0 saturated heterocycles. The Balaban J connectivity index is 1.90. The van der Waals surface area contributed by atoms with E-state index in [2.05, 4.69) is 43.4 Å². The Labute approximate surface area is 234 Å². The average Bonchev–Trinajstić information content (AvgIpc) is 3.17. The molecule has 0 N–H and O–H groups in total. The molecule has 0 aliphatic carbocycles. The summed E-state index contributed by atoms with van der Waals surface area (Å²) in [6, 6.07) is 10.5. The largest absolute Gasteiger partial charge is 0.493 e. The van der Waals surface area contributed by atoms with Crippen LogP contribution in [0.5, 0.6) is 11.5 Å². The number of nitrogens with zero attached hydrogens (tertiary/aromatic N) is 2. The minimum absolute atomic E-state index is 0.219. The van der Waals surface area contributed by atoms with Crippen LogP contribution in [0.3, 0.4) is 0 Å². The second-order valence-electron chi connectivity index (χ2n) is 7.99. The number of thiazole rings is 1. The number of allylic oxidation sites excluding steroid dienone is 1. The Hall–Kier alpha value is -2.95. The predicted molar refractivity (Wildman–Crippen MR) is 151 cm³/mol. The van der Waals surface area contributed by atoms with Gasteiger partial charge in [-0.25, -0.2) is 9.79 Å². The number of hydrogen-bond acceptors (Lipinski definition) is 7. The highest BCUT2D eigenvalue weighted by Gasteiger charge is 2.33. The number of fused-ring (bicyclic) bond motifs is 1. The van der Waals surface area contributed by atoms with Gasteiger partial charge in [-0.1, -0.05) is 52.1 Å². The van der Waals surface area contributed by atoms with Crippen LogP contribution in [0, 0.1) is 0 Å². The van der Waals surface area contributed by atoms with Gasteiger partial charge >= 0.3 is 5.97 Å². The number of carbonyl (C=O) groups is 1. The standard InChI is InChI=1S/C27H24Br2N2O5S/c1-5-11-36-24-19(29)12-16(13-20(24)34-4)14-21-25(32)31-23(17-7-9-18(28)10-8-17)22(26(33)35-6-2)15(3)30-27(31)37-21/h5,7-10,12-14,23H,1,6,11H2,2-4H3/b21-14-/t23-/m1/s1. The molecule has 1 aromatic heterocycles. The maximum absolute atomic E-state index is 13.8. The number of esters is 1. The number of halogens is 2. The van der Waals surface area contributed by atoms with Gasteiger partial charge in [0.05, 0.1) is 40.0 Å². The van der Waals surface area contributed by atoms with Gasteiger partial charge in [0.15, 0.2) is 16.3 Å². The molecule has 7 nitrogen and oxygen atoms in total. The summed E-state index contributed by atoms with van der Waals surface area (Å²) < 4.78 is 20.2. The molecule has 0 radical (unpaired) electrons. The van der Waals surface area contributed by atoms with Crippen LogP contribution in [0.2, 0.25) is 0 Å². The molecule has 1 aliphatic heterocycles. The molecule has 10 heteroatoms.